The number of hydrogen-bond acceptors (Lipinski definition) is 3. The maximum absolute atomic E-state index is 11.8. The smallest absolute Gasteiger partial charge is 0.393 e. The third kappa shape index (κ3) is 3.33. The van der Waals surface area contributed by atoms with Gasteiger partial charge in [0.1, 0.15) is 11.4 Å². The van der Waals surface area contributed by atoms with Gasteiger partial charge in [0.2, 0.25) is 0 Å². The van der Waals surface area contributed by atoms with Gasteiger partial charge in [-0.25, -0.2) is 4.57 Å². The topological polar surface area (TPSA) is 35.5 Å². The molecule has 0 heterocycles. The van der Waals surface area contributed by atoms with Gasteiger partial charge in [0.05, 0.1) is 6.61 Å². The van der Waals surface area contributed by atoms with E-state index in [1.165, 1.54) is 0 Å². The summed E-state index contributed by atoms with van der Waals surface area (Å²) in [5.41, 5.74) is -0.143. The molecule has 0 aliphatic heterocycles. The van der Waals surface area contributed by atoms with Crippen molar-refractivity contribution in [1.82, 2.24) is 0 Å². The van der Waals surface area contributed by atoms with Crippen molar-refractivity contribution in [1.29, 1.82) is 0 Å². The van der Waals surface area contributed by atoms with Gasteiger partial charge in [-0.1, -0.05) is 18.2 Å². The Hall–Kier alpha value is -0.500. The second kappa shape index (κ2) is 5.40. The first-order chi connectivity index (χ1) is 6.70. The Morgan fingerprint density at radius 2 is 2.00 bits per heavy atom. The molecule has 0 N–H and O–H groups in total. The number of hydrogen-bond donors (Lipinski definition) is 0. The van der Waals surface area contributed by atoms with E-state index in [1.54, 1.807) is 31.2 Å². The lowest BCUT2D eigenvalue weighted by Gasteiger charge is -2.15. The molecule has 0 saturated carbocycles. The van der Waals surface area contributed by atoms with Gasteiger partial charge >= 0.3 is 7.60 Å². The normalized spacial score (nSPS) is 14.7. The Bertz CT molecular complexity index is 315. The van der Waals surface area contributed by atoms with Crippen LogP contribution in [0.4, 0.5) is 0 Å². The lowest BCUT2D eigenvalue weighted by molar-refractivity contribution is 0.283. The van der Waals surface area contributed by atoms with Crippen LogP contribution in [0.3, 0.4) is 0 Å². The van der Waals surface area contributed by atoms with E-state index in [4.69, 9.17) is 20.6 Å². The van der Waals surface area contributed by atoms with Crippen LogP contribution in [0.25, 0.3) is 0 Å². The number of para-hydroxylation sites is 1. The fourth-order valence-electron chi connectivity index (χ4n) is 0.924. The standard InChI is InChI=1S/C9H12ClO3P/c1-2-12-14(11,8-10)13-9-6-4-3-5-7-9/h3-7H,2,8H2,1H3/t14-/m1/s1. The molecule has 0 fully saturated rings. The van der Waals surface area contributed by atoms with Gasteiger partial charge in [0, 0.05) is 0 Å². The summed E-state index contributed by atoms with van der Waals surface area (Å²) in [7, 11) is -3.16. The molecule has 5 heteroatoms. The summed E-state index contributed by atoms with van der Waals surface area (Å²) in [5, 5.41) is 0. The van der Waals surface area contributed by atoms with Gasteiger partial charge in [-0.3, -0.25) is 4.52 Å². The minimum atomic E-state index is -3.16. The molecule has 1 atom stereocenters. The number of rotatable bonds is 5. The van der Waals surface area contributed by atoms with Gasteiger partial charge in [0.25, 0.3) is 0 Å². The van der Waals surface area contributed by atoms with E-state index >= 15 is 0 Å². The van der Waals surface area contributed by atoms with Crippen LogP contribution in [0, 0.1) is 0 Å². The molecule has 0 aliphatic carbocycles. The largest absolute Gasteiger partial charge is 0.424 e. The zero-order chi connectivity index (χ0) is 10.4. The molecule has 0 amide bonds. The molecule has 0 spiro atoms. The molecule has 0 unspecified atom stereocenters. The van der Waals surface area contributed by atoms with E-state index < -0.39 is 7.60 Å². The molecule has 1 rings (SSSR count). The van der Waals surface area contributed by atoms with Crippen LogP contribution in [0.1, 0.15) is 6.92 Å². The minimum absolute atomic E-state index is 0.143. The molecular weight excluding hydrogens is 223 g/mol. The second-order valence-electron chi connectivity index (χ2n) is 2.55. The van der Waals surface area contributed by atoms with Crippen LogP contribution in [0.15, 0.2) is 30.3 Å². The van der Waals surface area contributed by atoms with Crippen molar-refractivity contribution in [2.24, 2.45) is 0 Å². The Morgan fingerprint density at radius 3 is 2.50 bits per heavy atom. The SMILES string of the molecule is CCO[P@](=O)(CCl)Oc1ccccc1. The first kappa shape index (κ1) is 11.6. The highest BCUT2D eigenvalue weighted by molar-refractivity contribution is 7.56. The average molecular weight is 235 g/mol. The molecule has 0 radical (unpaired) electrons. The van der Waals surface area contributed by atoms with Crippen molar-refractivity contribution in [2.75, 3.05) is 12.2 Å². The molecule has 14 heavy (non-hydrogen) atoms. The molecule has 1 aromatic carbocycles. The zero-order valence-electron chi connectivity index (χ0n) is 7.85. The summed E-state index contributed by atoms with van der Waals surface area (Å²) < 4.78 is 22.0. The summed E-state index contributed by atoms with van der Waals surface area (Å²) in [6.45, 7) is 2.06. The summed E-state index contributed by atoms with van der Waals surface area (Å²) in [5.74, 6) is 0.505. The number of alkyl halides is 1. The highest BCUT2D eigenvalue weighted by Crippen LogP contribution is 2.48. The average Bonchev–Trinajstić information content (AvgIpc) is 2.20. The third-order valence-electron chi connectivity index (χ3n) is 1.46. The molecule has 0 bridgehead atoms. The first-order valence-corrected chi connectivity index (χ1v) is 6.50. The minimum Gasteiger partial charge on any atom is -0.424 e. The Kier molecular flexibility index (Phi) is 4.46. The van der Waals surface area contributed by atoms with E-state index in [2.05, 4.69) is 0 Å². The van der Waals surface area contributed by atoms with Crippen LogP contribution in [0.5, 0.6) is 5.75 Å². The van der Waals surface area contributed by atoms with Crippen LogP contribution < -0.4 is 4.52 Å². The van der Waals surface area contributed by atoms with E-state index in [-0.39, 0.29) is 5.62 Å². The van der Waals surface area contributed by atoms with Gasteiger partial charge in [-0.15, -0.1) is 11.6 Å². The van der Waals surface area contributed by atoms with Crippen LogP contribution in [-0.2, 0) is 9.09 Å². The van der Waals surface area contributed by atoms with Crippen molar-refractivity contribution >= 4 is 19.2 Å². The van der Waals surface area contributed by atoms with E-state index in [0.717, 1.165) is 0 Å². The molecule has 0 aromatic heterocycles. The third-order valence-corrected chi connectivity index (χ3v) is 3.77. The fraction of sp³-hybridized carbons (Fsp3) is 0.333. The number of halogens is 1. The molecule has 78 valence electrons. The summed E-state index contributed by atoms with van der Waals surface area (Å²) in [6.07, 6.45) is 0. The summed E-state index contributed by atoms with van der Waals surface area (Å²) in [4.78, 5) is 0. The maximum atomic E-state index is 11.8. The van der Waals surface area contributed by atoms with Gasteiger partial charge < -0.3 is 4.52 Å². The van der Waals surface area contributed by atoms with E-state index in [9.17, 15) is 4.57 Å². The predicted octanol–water partition coefficient (Wildman–Crippen LogP) is 3.49. The van der Waals surface area contributed by atoms with Crippen molar-refractivity contribution in [2.45, 2.75) is 6.92 Å². The zero-order valence-corrected chi connectivity index (χ0v) is 9.50. The fourth-order valence-corrected chi connectivity index (χ4v) is 2.28. The molecule has 1 aromatic rings. The van der Waals surface area contributed by atoms with E-state index in [1.807, 2.05) is 6.07 Å². The van der Waals surface area contributed by atoms with E-state index in [0.29, 0.717) is 12.4 Å². The van der Waals surface area contributed by atoms with Gasteiger partial charge in [-0.05, 0) is 19.1 Å². The highest BCUT2D eigenvalue weighted by atomic mass is 35.5. The Balaban J connectivity index is 2.71. The monoisotopic (exact) mass is 234 g/mol. The Labute approximate surface area is 88.5 Å². The lowest BCUT2D eigenvalue weighted by Crippen LogP contribution is -1.98. The van der Waals surface area contributed by atoms with Crippen molar-refractivity contribution in [3.63, 3.8) is 0 Å². The van der Waals surface area contributed by atoms with Crippen LogP contribution in [-0.4, -0.2) is 12.2 Å². The lowest BCUT2D eigenvalue weighted by atomic mass is 10.3. The molecule has 0 saturated heterocycles. The van der Waals surface area contributed by atoms with Gasteiger partial charge in [0.15, 0.2) is 0 Å². The highest BCUT2D eigenvalue weighted by Gasteiger charge is 2.23. The summed E-state index contributed by atoms with van der Waals surface area (Å²) >= 11 is 5.52. The van der Waals surface area contributed by atoms with Crippen molar-refractivity contribution < 1.29 is 13.6 Å². The predicted molar refractivity (Wildman–Crippen MR) is 57.0 cm³/mol. The van der Waals surface area contributed by atoms with Crippen molar-refractivity contribution in [3.8, 4) is 5.75 Å². The molecular formula is C9H12ClO3P. The second-order valence-corrected chi connectivity index (χ2v) is 5.17. The summed E-state index contributed by atoms with van der Waals surface area (Å²) in [6, 6.07) is 8.84. The molecule has 0 aliphatic rings. The molecule has 3 nitrogen and oxygen atoms in total. The Morgan fingerprint density at radius 1 is 1.36 bits per heavy atom. The van der Waals surface area contributed by atoms with Crippen LogP contribution in [0.2, 0.25) is 0 Å². The number of benzene rings is 1. The van der Waals surface area contributed by atoms with Crippen LogP contribution >= 0.6 is 19.2 Å². The quantitative estimate of drug-likeness (QED) is 0.578. The maximum Gasteiger partial charge on any atom is 0.393 e. The first-order valence-electron chi connectivity index (χ1n) is 4.24. The van der Waals surface area contributed by atoms with Crippen molar-refractivity contribution in [3.05, 3.63) is 30.3 Å². The van der Waals surface area contributed by atoms with Gasteiger partial charge in [-0.2, -0.15) is 0 Å².